The maximum Gasteiger partial charge on any atom is 0.260 e. The second kappa shape index (κ2) is 5.67. The van der Waals surface area contributed by atoms with Crippen LogP contribution in [0.1, 0.15) is 42.5 Å². The second-order valence-corrected chi connectivity index (χ2v) is 4.65. The summed E-state index contributed by atoms with van der Waals surface area (Å²) in [5.74, 6) is -0.673. The Bertz CT molecular complexity index is 451. The third-order valence-corrected chi connectivity index (χ3v) is 3.33. The molecule has 0 aromatic heterocycles. The molecule has 1 saturated carbocycles. The third-order valence-electron chi connectivity index (χ3n) is 3.33. The molecule has 4 heteroatoms. The van der Waals surface area contributed by atoms with E-state index in [1.807, 2.05) is 0 Å². The zero-order chi connectivity index (χ0) is 13.0. The van der Waals surface area contributed by atoms with Gasteiger partial charge in [0.1, 0.15) is 0 Å². The number of nitrogens with two attached hydrogens (primary N) is 1. The number of rotatable bonds is 2. The fourth-order valence-corrected chi connectivity index (χ4v) is 2.29. The number of hydrogen-bond acceptors (Lipinski definition) is 3. The van der Waals surface area contributed by atoms with Crippen molar-refractivity contribution in [1.29, 1.82) is 0 Å². The minimum Gasteiger partial charge on any atom is -0.398 e. The average Bonchev–Trinajstić information content (AvgIpc) is 2.40. The highest BCUT2D eigenvalue weighted by atomic mass is 16.2. The van der Waals surface area contributed by atoms with E-state index in [0.717, 1.165) is 25.7 Å². The predicted octanol–water partition coefficient (Wildman–Crippen LogP) is 1.91. The van der Waals surface area contributed by atoms with Crippen LogP contribution in [-0.2, 0) is 4.79 Å². The molecule has 2 rings (SSSR count). The summed E-state index contributed by atoms with van der Waals surface area (Å²) in [5.41, 5.74) is 6.25. The van der Waals surface area contributed by atoms with Crippen LogP contribution in [0.4, 0.5) is 5.69 Å². The number of carbonyl (C=O) groups is 2. The molecule has 3 N–H and O–H groups in total. The Hall–Kier alpha value is -1.84. The summed E-state index contributed by atoms with van der Waals surface area (Å²) in [5, 5.41) is 2.42. The van der Waals surface area contributed by atoms with Gasteiger partial charge in [0, 0.05) is 11.6 Å². The van der Waals surface area contributed by atoms with Gasteiger partial charge in [0.15, 0.2) is 0 Å². The first-order valence-corrected chi connectivity index (χ1v) is 6.30. The van der Waals surface area contributed by atoms with Crippen LogP contribution < -0.4 is 11.1 Å². The number of nitrogen functional groups attached to an aromatic ring is 1. The summed E-state index contributed by atoms with van der Waals surface area (Å²) in [6.45, 7) is 0. The van der Waals surface area contributed by atoms with Gasteiger partial charge in [-0.05, 0) is 25.0 Å². The molecular weight excluding hydrogens is 228 g/mol. The number of amides is 2. The van der Waals surface area contributed by atoms with E-state index in [0.29, 0.717) is 5.69 Å². The van der Waals surface area contributed by atoms with Gasteiger partial charge in [0.05, 0.1) is 5.56 Å². The lowest BCUT2D eigenvalue weighted by atomic mass is 9.88. The first-order valence-electron chi connectivity index (χ1n) is 6.30. The lowest BCUT2D eigenvalue weighted by Gasteiger charge is -2.20. The number of imide groups is 1. The van der Waals surface area contributed by atoms with Crippen molar-refractivity contribution in [3.05, 3.63) is 29.8 Å². The van der Waals surface area contributed by atoms with Gasteiger partial charge in [-0.15, -0.1) is 0 Å². The van der Waals surface area contributed by atoms with Gasteiger partial charge in [-0.1, -0.05) is 31.4 Å². The average molecular weight is 245 g/mol. The van der Waals surface area contributed by atoms with Crippen molar-refractivity contribution in [2.24, 2.45) is 5.92 Å². The largest absolute Gasteiger partial charge is 0.398 e. The van der Waals surface area contributed by atoms with Gasteiger partial charge in [-0.2, -0.15) is 0 Å². The monoisotopic (exact) mass is 245 g/mol. The summed E-state index contributed by atoms with van der Waals surface area (Å²) < 4.78 is 0. The van der Waals surface area contributed by atoms with E-state index >= 15 is 0 Å². The molecule has 1 radical (unpaired) electrons. The summed E-state index contributed by atoms with van der Waals surface area (Å²) >= 11 is 0. The van der Waals surface area contributed by atoms with Crippen LogP contribution in [0.25, 0.3) is 0 Å². The fraction of sp³-hybridized carbons (Fsp3) is 0.429. The summed E-state index contributed by atoms with van der Waals surface area (Å²) in [6, 6.07) is 7.69. The molecule has 1 aliphatic carbocycles. The highest BCUT2D eigenvalue weighted by Gasteiger charge is 2.23. The Morgan fingerprint density at radius 1 is 1.28 bits per heavy atom. The van der Waals surface area contributed by atoms with Gasteiger partial charge in [0.2, 0.25) is 5.91 Å². The standard InChI is InChI=1S/C14H17N2O2/c15-12-9-5-4-8-11(12)14(18)16-13(17)10-6-2-1-3-7-10/h4-5,9-10H,1-3,6-7,15H2,(H,16,17,18). The molecule has 0 heterocycles. The Morgan fingerprint density at radius 3 is 2.67 bits per heavy atom. The SMILES string of the molecule is Nc1ccc[c]c1C(=O)NC(=O)C1CCCCC1. The van der Waals surface area contributed by atoms with Crippen molar-refractivity contribution in [2.45, 2.75) is 32.1 Å². The van der Waals surface area contributed by atoms with Gasteiger partial charge in [0.25, 0.3) is 5.91 Å². The van der Waals surface area contributed by atoms with Gasteiger partial charge < -0.3 is 5.73 Å². The summed E-state index contributed by atoms with van der Waals surface area (Å²) in [4.78, 5) is 23.8. The fourth-order valence-electron chi connectivity index (χ4n) is 2.29. The van der Waals surface area contributed by atoms with E-state index in [4.69, 9.17) is 5.73 Å². The molecule has 1 fully saturated rings. The molecule has 2 amide bonds. The van der Waals surface area contributed by atoms with Crippen LogP contribution in [-0.4, -0.2) is 11.8 Å². The molecule has 0 spiro atoms. The quantitative estimate of drug-likeness (QED) is 0.617. The minimum atomic E-state index is -0.455. The molecule has 1 aliphatic rings. The molecule has 0 saturated heterocycles. The molecule has 18 heavy (non-hydrogen) atoms. The van der Waals surface area contributed by atoms with E-state index in [1.54, 1.807) is 18.2 Å². The lowest BCUT2D eigenvalue weighted by Crippen LogP contribution is -2.36. The van der Waals surface area contributed by atoms with E-state index < -0.39 is 5.91 Å². The second-order valence-electron chi connectivity index (χ2n) is 4.65. The van der Waals surface area contributed by atoms with Crippen molar-refractivity contribution < 1.29 is 9.59 Å². The van der Waals surface area contributed by atoms with Gasteiger partial charge in [-0.3, -0.25) is 14.9 Å². The number of carbonyl (C=O) groups excluding carboxylic acids is 2. The maximum atomic E-state index is 11.9. The van der Waals surface area contributed by atoms with E-state index in [9.17, 15) is 9.59 Å². The minimum absolute atomic E-state index is 0.0346. The number of anilines is 1. The van der Waals surface area contributed by atoms with Crippen LogP contribution in [0.3, 0.4) is 0 Å². The molecule has 0 aliphatic heterocycles. The summed E-state index contributed by atoms with van der Waals surface area (Å²) in [7, 11) is 0. The number of nitrogens with one attached hydrogen (secondary N) is 1. The van der Waals surface area contributed by atoms with Crippen molar-refractivity contribution in [3.8, 4) is 0 Å². The van der Waals surface area contributed by atoms with E-state index in [-0.39, 0.29) is 17.4 Å². The first kappa shape index (κ1) is 12.6. The molecule has 4 nitrogen and oxygen atoms in total. The van der Waals surface area contributed by atoms with Crippen LogP contribution >= 0.6 is 0 Å². The topological polar surface area (TPSA) is 72.2 Å². The molecule has 0 atom stereocenters. The van der Waals surface area contributed by atoms with Crippen molar-refractivity contribution in [3.63, 3.8) is 0 Å². The van der Waals surface area contributed by atoms with Crippen LogP contribution in [0.2, 0.25) is 0 Å². The Kier molecular flexibility index (Phi) is 3.97. The molecular formula is C14H17N2O2. The molecule has 1 aromatic rings. The molecule has 1 aromatic carbocycles. The highest BCUT2D eigenvalue weighted by molar-refractivity contribution is 6.07. The zero-order valence-electron chi connectivity index (χ0n) is 10.2. The third kappa shape index (κ3) is 2.88. The van der Waals surface area contributed by atoms with Crippen LogP contribution in [0, 0.1) is 12.0 Å². The molecule has 0 unspecified atom stereocenters. The van der Waals surface area contributed by atoms with E-state index in [2.05, 4.69) is 11.4 Å². The summed E-state index contributed by atoms with van der Waals surface area (Å²) in [6.07, 6.45) is 5.04. The smallest absolute Gasteiger partial charge is 0.260 e. The van der Waals surface area contributed by atoms with Crippen LogP contribution in [0.5, 0.6) is 0 Å². The van der Waals surface area contributed by atoms with Gasteiger partial charge >= 0.3 is 0 Å². The molecule has 0 bridgehead atoms. The van der Waals surface area contributed by atoms with E-state index in [1.165, 1.54) is 6.42 Å². The molecule has 95 valence electrons. The van der Waals surface area contributed by atoms with Crippen molar-refractivity contribution in [2.75, 3.05) is 5.73 Å². The lowest BCUT2D eigenvalue weighted by molar-refractivity contribution is -0.124. The number of hydrogen-bond donors (Lipinski definition) is 2. The maximum absolute atomic E-state index is 11.9. The van der Waals surface area contributed by atoms with Gasteiger partial charge in [-0.25, -0.2) is 0 Å². The highest BCUT2D eigenvalue weighted by Crippen LogP contribution is 2.23. The van der Waals surface area contributed by atoms with Crippen LogP contribution in [0.15, 0.2) is 18.2 Å². The zero-order valence-corrected chi connectivity index (χ0v) is 10.2. The Labute approximate surface area is 107 Å². The Balaban J connectivity index is 1.99. The van der Waals surface area contributed by atoms with Crippen molar-refractivity contribution >= 4 is 17.5 Å². The normalized spacial score (nSPS) is 16.2. The predicted molar refractivity (Wildman–Crippen MR) is 68.7 cm³/mol. The Morgan fingerprint density at radius 2 is 2.00 bits per heavy atom. The van der Waals surface area contributed by atoms with Crippen molar-refractivity contribution in [1.82, 2.24) is 5.32 Å². The number of benzene rings is 1. The first-order chi connectivity index (χ1) is 8.68.